The van der Waals surface area contributed by atoms with Crippen molar-refractivity contribution < 1.29 is 0 Å². The fraction of sp³-hybridized carbons (Fsp3) is 0.412. The largest absolute Gasteiger partial charge is 0.358 e. The Morgan fingerprint density at radius 1 is 1.37 bits per heavy atom. The van der Waals surface area contributed by atoms with Gasteiger partial charge < -0.3 is 10.3 Å². The highest BCUT2D eigenvalue weighted by molar-refractivity contribution is 5.89. The van der Waals surface area contributed by atoms with E-state index in [4.69, 9.17) is 0 Å². The van der Waals surface area contributed by atoms with Gasteiger partial charge in [0.1, 0.15) is 0 Å². The summed E-state index contributed by atoms with van der Waals surface area (Å²) in [6.07, 6.45) is 6.75. The van der Waals surface area contributed by atoms with Crippen molar-refractivity contribution in [2.75, 3.05) is 6.54 Å². The van der Waals surface area contributed by atoms with Crippen LogP contribution in [-0.2, 0) is 12.8 Å². The van der Waals surface area contributed by atoms with E-state index in [9.17, 15) is 0 Å². The van der Waals surface area contributed by atoms with Crippen molar-refractivity contribution in [1.29, 1.82) is 0 Å². The lowest BCUT2D eigenvalue weighted by atomic mass is 9.75. The van der Waals surface area contributed by atoms with Gasteiger partial charge in [0, 0.05) is 35.0 Å². The summed E-state index contributed by atoms with van der Waals surface area (Å²) in [5.41, 5.74) is 5.76. The van der Waals surface area contributed by atoms with Gasteiger partial charge >= 0.3 is 0 Å². The summed E-state index contributed by atoms with van der Waals surface area (Å²) in [4.78, 5) is 3.61. The average Bonchev–Trinajstić information content (AvgIpc) is 2.79. The first kappa shape index (κ1) is 11.3. The summed E-state index contributed by atoms with van der Waals surface area (Å²) in [6.45, 7) is 5.06. The van der Waals surface area contributed by atoms with Gasteiger partial charge in [0.25, 0.3) is 0 Å². The Hall–Kier alpha value is -1.54. The van der Waals surface area contributed by atoms with E-state index in [1.54, 1.807) is 5.56 Å². The fourth-order valence-corrected chi connectivity index (χ4v) is 4.01. The molecule has 0 spiro atoms. The molecule has 1 saturated heterocycles. The third kappa shape index (κ3) is 1.59. The number of piperidine rings is 1. The quantitative estimate of drug-likeness (QED) is 0.789. The normalized spacial score (nSPS) is 25.3. The van der Waals surface area contributed by atoms with Crippen LogP contribution in [-0.4, -0.2) is 17.6 Å². The Kier molecular flexibility index (Phi) is 2.52. The Balaban J connectivity index is 1.95. The van der Waals surface area contributed by atoms with E-state index in [2.05, 4.69) is 35.1 Å². The summed E-state index contributed by atoms with van der Waals surface area (Å²) in [5, 5.41) is 5.23. The molecule has 4 rings (SSSR count). The second-order valence-corrected chi connectivity index (χ2v) is 5.86. The van der Waals surface area contributed by atoms with Crippen molar-refractivity contribution in [2.45, 2.75) is 37.6 Å². The second-order valence-electron chi connectivity index (χ2n) is 5.86. The Morgan fingerprint density at radius 3 is 3.21 bits per heavy atom. The number of H-pyrrole nitrogens is 1. The molecule has 1 aliphatic carbocycles. The molecule has 2 heteroatoms. The van der Waals surface area contributed by atoms with Gasteiger partial charge in [-0.25, -0.2) is 0 Å². The molecule has 19 heavy (non-hydrogen) atoms. The smallest absolute Gasteiger partial charge is 0.0461 e. The van der Waals surface area contributed by atoms with Gasteiger partial charge in [-0.1, -0.05) is 18.2 Å². The van der Waals surface area contributed by atoms with E-state index < -0.39 is 0 Å². The molecule has 1 unspecified atom stereocenters. The van der Waals surface area contributed by atoms with E-state index in [1.807, 2.05) is 6.08 Å². The third-order valence-electron chi connectivity index (χ3n) is 4.80. The first-order chi connectivity index (χ1) is 9.38. The molecule has 2 atom stereocenters. The summed E-state index contributed by atoms with van der Waals surface area (Å²) < 4.78 is 0. The molecule has 2 aromatic rings. The first-order valence-electron chi connectivity index (χ1n) is 7.35. The van der Waals surface area contributed by atoms with Crippen molar-refractivity contribution in [2.24, 2.45) is 0 Å². The van der Waals surface area contributed by atoms with Crippen molar-refractivity contribution in [1.82, 2.24) is 10.3 Å². The average molecular weight is 252 g/mol. The molecule has 1 aromatic carbocycles. The lowest BCUT2D eigenvalue weighted by Crippen LogP contribution is -2.43. The maximum atomic E-state index is 3.89. The van der Waals surface area contributed by atoms with Gasteiger partial charge in [0.2, 0.25) is 0 Å². The van der Waals surface area contributed by atoms with Gasteiger partial charge in [-0.15, -0.1) is 6.58 Å². The highest BCUT2D eigenvalue weighted by atomic mass is 14.9. The molecule has 0 amide bonds. The molecule has 2 N–H and O–H groups in total. The number of hydrogen-bond donors (Lipinski definition) is 2. The zero-order valence-electron chi connectivity index (χ0n) is 11.2. The van der Waals surface area contributed by atoms with Crippen LogP contribution in [0.5, 0.6) is 0 Å². The Morgan fingerprint density at radius 2 is 2.32 bits per heavy atom. The van der Waals surface area contributed by atoms with Gasteiger partial charge in [0.05, 0.1) is 0 Å². The zero-order valence-corrected chi connectivity index (χ0v) is 11.2. The highest BCUT2D eigenvalue weighted by Crippen LogP contribution is 2.41. The standard InChI is InChI=1S/C17H20N2/c1-2-5-14-13-10-16-11(7-4-9-18-16)12-6-3-8-15(19-14)17(12)13/h2-3,6,8,11,16,18-19H,1,4-5,7,9-10H2/t11?,16-/m1/s1. The van der Waals surface area contributed by atoms with Crippen LogP contribution in [0.15, 0.2) is 30.9 Å². The molecule has 2 aliphatic rings. The van der Waals surface area contributed by atoms with Crippen LogP contribution in [0.25, 0.3) is 10.9 Å². The van der Waals surface area contributed by atoms with Crippen molar-refractivity contribution >= 4 is 10.9 Å². The number of hydrogen-bond acceptors (Lipinski definition) is 1. The van der Waals surface area contributed by atoms with E-state index in [-0.39, 0.29) is 0 Å². The first-order valence-corrected chi connectivity index (χ1v) is 7.35. The van der Waals surface area contributed by atoms with Crippen molar-refractivity contribution in [3.05, 3.63) is 47.7 Å². The van der Waals surface area contributed by atoms with E-state index in [0.29, 0.717) is 12.0 Å². The number of aromatic nitrogens is 1. The number of benzene rings is 1. The topological polar surface area (TPSA) is 27.8 Å². The number of aromatic amines is 1. The predicted octanol–water partition coefficient (Wildman–Crippen LogP) is 3.29. The third-order valence-corrected chi connectivity index (χ3v) is 4.80. The van der Waals surface area contributed by atoms with E-state index in [0.717, 1.165) is 6.42 Å². The van der Waals surface area contributed by atoms with Gasteiger partial charge in [-0.3, -0.25) is 0 Å². The molecule has 1 aliphatic heterocycles. The van der Waals surface area contributed by atoms with Crippen LogP contribution in [0.2, 0.25) is 0 Å². The summed E-state index contributed by atoms with van der Waals surface area (Å²) in [6, 6.07) is 7.38. The number of rotatable bonds is 2. The second kappa shape index (κ2) is 4.24. The molecule has 1 fully saturated rings. The van der Waals surface area contributed by atoms with Crippen LogP contribution in [0, 0.1) is 0 Å². The highest BCUT2D eigenvalue weighted by Gasteiger charge is 2.33. The monoisotopic (exact) mass is 252 g/mol. The molecule has 0 radical (unpaired) electrons. The number of nitrogens with one attached hydrogen (secondary N) is 2. The maximum Gasteiger partial charge on any atom is 0.0461 e. The van der Waals surface area contributed by atoms with Crippen molar-refractivity contribution in [3.8, 4) is 0 Å². The van der Waals surface area contributed by atoms with Crippen LogP contribution in [0.4, 0.5) is 0 Å². The lowest BCUT2D eigenvalue weighted by molar-refractivity contribution is 0.345. The molecule has 2 heterocycles. The maximum absolute atomic E-state index is 3.89. The summed E-state index contributed by atoms with van der Waals surface area (Å²) >= 11 is 0. The van der Waals surface area contributed by atoms with Crippen LogP contribution in [0.1, 0.15) is 35.6 Å². The zero-order chi connectivity index (χ0) is 12.8. The molecule has 2 nitrogen and oxygen atoms in total. The molecule has 1 aromatic heterocycles. The Bertz CT molecular complexity index is 638. The minimum absolute atomic E-state index is 0.631. The summed E-state index contributed by atoms with van der Waals surface area (Å²) in [5.74, 6) is 0.706. The number of fused-ring (bicyclic) bond motifs is 2. The predicted molar refractivity (Wildman–Crippen MR) is 79.7 cm³/mol. The van der Waals surface area contributed by atoms with Gasteiger partial charge in [0.15, 0.2) is 0 Å². The molecule has 0 saturated carbocycles. The van der Waals surface area contributed by atoms with Crippen LogP contribution in [0.3, 0.4) is 0 Å². The molecular weight excluding hydrogens is 232 g/mol. The summed E-state index contributed by atoms with van der Waals surface area (Å²) in [7, 11) is 0. The lowest BCUT2D eigenvalue weighted by Gasteiger charge is -2.37. The minimum atomic E-state index is 0.631. The Labute approximate surface area is 113 Å². The van der Waals surface area contributed by atoms with E-state index >= 15 is 0 Å². The van der Waals surface area contributed by atoms with Gasteiger partial charge in [-0.2, -0.15) is 0 Å². The SMILES string of the molecule is C=CCc1[nH]c2cccc3c2c1C[C@H]1NCCCC31. The van der Waals surface area contributed by atoms with Gasteiger partial charge in [-0.05, 0) is 43.0 Å². The van der Waals surface area contributed by atoms with E-state index in [1.165, 1.54) is 48.0 Å². The minimum Gasteiger partial charge on any atom is -0.358 e. The fourth-order valence-electron chi connectivity index (χ4n) is 4.01. The molecule has 0 bridgehead atoms. The van der Waals surface area contributed by atoms with Crippen LogP contribution < -0.4 is 5.32 Å². The van der Waals surface area contributed by atoms with Crippen LogP contribution >= 0.6 is 0 Å². The molecule has 98 valence electrons. The molecular formula is C17H20N2. The number of allylic oxidation sites excluding steroid dienone is 1. The van der Waals surface area contributed by atoms with Crippen molar-refractivity contribution in [3.63, 3.8) is 0 Å².